The second kappa shape index (κ2) is 9.50. The second-order valence-electron chi connectivity index (χ2n) is 8.51. The van der Waals surface area contributed by atoms with Crippen LogP contribution in [0, 0.1) is 5.41 Å². The van der Waals surface area contributed by atoms with Gasteiger partial charge in [-0.05, 0) is 61.0 Å². The van der Waals surface area contributed by atoms with Gasteiger partial charge in [0.15, 0.2) is 0 Å². The summed E-state index contributed by atoms with van der Waals surface area (Å²) in [7, 11) is 2.09. The highest BCUT2D eigenvalue weighted by molar-refractivity contribution is 6.05. The van der Waals surface area contributed by atoms with Gasteiger partial charge in [-0.1, -0.05) is 6.07 Å². The van der Waals surface area contributed by atoms with Gasteiger partial charge in [-0.3, -0.25) is 19.9 Å². The molecule has 2 heterocycles. The van der Waals surface area contributed by atoms with Crippen LogP contribution in [0.1, 0.15) is 27.0 Å². The number of anilines is 1. The van der Waals surface area contributed by atoms with Crippen LogP contribution < -0.4 is 5.32 Å². The van der Waals surface area contributed by atoms with Gasteiger partial charge in [0.1, 0.15) is 5.84 Å². The molecule has 2 aromatic rings. The first kappa shape index (κ1) is 22.0. The molecule has 0 aromatic heterocycles. The number of amidine groups is 1. The van der Waals surface area contributed by atoms with Gasteiger partial charge < -0.3 is 20.2 Å². The number of likely N-dealkylation sites (N-methyl/N-ethyl adjacent to an activating group) is 1. The molecule has 0 radical (unpaired) electrons. The maximum Gasteiger partial charge on any atom is 0.317 e. The Labute approximate surface area is 187 Å². The number of nitrogens with one attached hydrogen (secondary N) is 2. The van der Waals surface area contributed by atoms with Gasteiger partial charge in [0.25, 0.3) is 5.91 Å². The van der Waals surface area contributed by atoms with Crippen molar-refractivity contribution in [3.8, 4) is 0 Å². The number of amides is 1. The number of carboxylic acids is 1. The van der Waals surface area contributed by atoms with Crippen molar-refractivity contribution in [2.45, 2.75) is 13.0 Å². The standard InChI is InChI=1S/C24H29N5O3/c1-27-10-12-29(13-11-27)23(25)18-4-6-21(7-5-18)26-24(32)19-3-2-17-8-9-28(16-22(30)31)15-20(17)14-19/h2-7,14,25H,8-13,15-16H2,1H3,(H,26,32)(H,30,31). The number of hydrogen-bond acceptors (Lipinski definition) is 5. The Bertz CT molecular complexity index is 1010. The average molecular weight is 436 g/mol. The third-order valence-electron chi connectivity index (χ3n) is 6.15. The normalized spacial score (nSPS) is 17.0. The lowest BCUT2D eigenvalue weighted by Gasteiger charge is -2.34. The van der Waals surface area contributed by atoms with Crippen LogP contribution in [-0.2, 0) is 17.8 Å². The number of hydrogen-bond donors (Lipinski definition) is 3. The monoisotopic (exact) mass is 435 g/mol. The van der Waals surface area contributed by atoms with Gasteiger partial charge in [0.05, 0.1) is 6.54 Å². The molecule has 168 valence electrons. The zero-order valence-corrected chi connectivity index (χ0v) is 18.3. The number of aliphatic carboxylic acids is 1. The van der Waals surface area contributed by atoms with Crippen molar-refractivity contribution >= 4 is 23.4 Å². The fourth-order valence-corrected chi connectivity index (χ4v) is 4.21. The Balaban J connectivity index is 1.39. The molecule has 0 aliphatic carbocycles. The molecule has 8 nitrogen and oxygen atoms in total. The summed E-state index contributed by atoms with van der Waals surface area (Å²) < 4.78 is 0. The highest BCUT2D eigenvalue weighted by Crippen LogP contribution is 2.21. The first-order chi connectivity index (χ1) is 15.4. The molecule has 8 heteroatoms. The van der Waals surface area contributed by atoms with E-state index in [0.717, 1.165) is 49.3 Å². The molecule has 1 saturated heterocycles. The van der Waals surface area contributed by atoms with Crippen LogP contribution in [0.3, 0.4) is 0 Å². The number of carboxylic acid groups (broad SMARTS) is 1. The van der Waals surface area contributed by atoms with Gasteiger partial charge in [0, 0.05) is 56.1 Å². The second-order valence-corrected chi connectivity index (χ2v) is 8.51. The lowest BCUT2D eigenvalue weighted by molar-refractivity contribution is -0.138. The summed E-state index contributed by atoms with van der Waals surface area (Å²) in [4.78, 5) is 30.0. The van der Waals surface area contributed by atoms with Crippen molar-refractivity contribution < 1.29 is 14.7 Å². The van der Waals surface area contributed by atoms with Crippen LogP contribution in [0.15, 0.2) is 42.5 Å². The summed E-state index contributed by atoms with van der Waals surface area (Å²) >= 11 is 0. The van der Waals surface area contributed by atoms with Gasteiger partial charge in [-0.15, -0.1) is 0 Å². The summed E-state index contributed by atoms with van der Waals surface area (Å²) in [6, 6.07) is 13.0. The van der Waals surface area contributed by atoms with E-state index in [4.69, 9.17) is 10.5 Å². The Hall–Kier alpha value is -3.23. The molecule has 0 spiro atoms. The fraction of sp³-hybridized carbons (Fsp3) is 0.375. The van der Waals surface area contributed by atoms with Crippen molar-refractivity contribution in [1.82, 2.24) is 14.7 Å². The summed E-state index contributed by atoms with van der Waals surface area (Å²) in [5, 5.41) is 20.4. The van der Waals surface area contributed by atoms with E-state index in [9.17, 15) is 9.59 Å². The third-order valence-corrected chi connectivity index (χ3v) is 6.15. The van der Waals surface area contributed by atoms with E-state index in [0.29, 0.717) is 30.2 Å². The minimum atomic E-state index is -0.841. The van der Waals surface area contributed by atoms with E-state index in [-0.39, 0.29) is 12.5 Å². The molecule has 2 aliphatic heterocycles. The summed E-state index contributed by atoms with van der Waals surface area (Å²) in [6.07, 6.45) is 0.783. The number of rotatable bonds is 5. The zero-order valence-electron chi connectivity index (χ0n) is 18.3. The average Bonchev–Trinajstić information content (AvgIpc) is 2.78. The van der Waals surface area contributed by atoms with Crippen LogP contribution in [0.25, 0.3) is 0 Å². The topological polar surface area (TPSA) is 100.0 Å². The third kappa shape index (κ3) is 5.15. The Morgan fingerprint density at radius 1 is 0.969 bits per heavy atom. The van der Waals surface area contributed by atoms with Gasteiger partial charge in [0.2, 0.25) is 0 Å². The maximum absolute atomic E-state index is 12.8. The molecular formula is C24H29N5O3. The summed E-state index contributed by atoms with van der Waals surface area (Å²) in [6.45, 7) is 4.83. The zero-order chi connectivity index (χ0) is 22.7. The highest BCUT2D eigenvalue weighted by atomic mass is 16.4. The largest absolute Gasteiger partial charge is 0.480 e. The molecule has 0 saturated carbocycles. The first-order valence-electron chi connectivity index (χ1n) is 10.9. The number of carbonyl (C=O) groups excluding carboxylic acids is 1. The molecule has 0 atom stereocenters. The molecule has 32 heavy (non-hydrogen) atoms. The van der Waals surface area contributed by atoms with E-state index < -0.39 is 5.97 Å². The van der Waals surface area contributed by atoms with Crippen LogP contribution >= 0.6 is 0 Å². The van der Waals surface area contributed by atoms with Crippen LogP contribution in [0.2, 0.25) is 0 Å². The number of carbonyl (C=O) groups is 2. The lowest BCUT2D eigenvalue weighted by atomic mass is 9.97. The molecular weight excluding hydrogens is 406 g/mol. The quantitative estimate of drug-likeness (QED) is 0.490. The van der Waals surface area contributed by atoms with Crippen molar-refractivity contribution in [1.29, 1.82) is 5.41 Å². The number of nitrogens with zero attached hydrogens (tertiary/aromatic N) is 3. The van der Waals surface area contributed by atoms with Gasteiger partial charge in [-0.25, -0.2) is 0 Å². The fourth-order valence-electron chi connectivity index (χ4n) is 4.21. The molecule has 2 aromatic carbocycles. The molecule has 1 amide bonds. The summed E-state index contributed by atoms with van der Waals surface area (Å²) in [5.41, 5.74) is 4.22. The van der Waals surface area contributed by atoms with Gasteiger partial charge >= 0.3 is 5.97 Å². The van der Waals surface area contributed by atoms with Crippen LogP contribution in [0.4, 0.5) is 5.69 Å². The SMILES string of the molecule is CN1CCN(C(=N)c2ccc(NC(=O)c3ccc4c(c3)CN(CC(=O)O)CC4)cc2)CC1. The Kier molecular flexibility index (Phi) is 6.53. The molecule has 1 fully saturated rings. The minimum absolute atomic E-state index is 0.00531. The van der Waals surface area contributed by atoms with Crippen molar-refractivity contribution in [3.05, 3.63) is 64.7 Å². The van der Waals surface area contributed by atoms with Crippen molar-refractivity contribution in [3.63, 3.8) is 0 Å². The van der Waals surface area contributed by atoms with Crippen LogP contribution in [-0.4, -0.2) is 83.8 Å². The number of benzene rings is 2. The molecule has 0 bridgehead atoms. The van der Waals surface area contributed by atoms with Crippen molar-refractivity contribution in [2.24, 2.45) is 0 Å². The first-order valence-corrected chi connectivity index (χ1v) is 10.9. The number of fused-ring (bicyclic) bond motifs is 1. The summed E-state index contributed by atoms with van der Waals surface area (Å²) in [5.74, 6) is -0.534. The van der Waals surface area contributed by atoms with E-state index in [1.807, 2.05) is 47.4 Å². The lowest BCUT2D eigenvalue weighted by Crippen LogP contribution is -2.47. The number of piperazine rings is 1. The van der Waals surface area contributed by atoms with E-state index >= 15 is 0 Å². The maximum atomic E-state index is 12.8. The Morgan fingerprint density at radius 3 is 2.34 bits per heavy atom. The van der Waals surface area contributed by atoms with Gasteiger partial charge in [-0.2, -0.15) is 0 Å². The van der Waals surface area contributed by atoms with E-state index in [2.05, 4.69) is 22.2 Å². The predicted octanol–water partition coefficient (Wildman–Crippen LogP) is 1.95. The van der Waals surface area contributed by atoms with E-state index in [1.165, 1.54) is 0 Å². The Morgan fingerprint density at radius 2 is 1.66 bits per heavy atom. The molecule has 3 N–H and O–H groups in total. The van der Waals surface area contributed by atoms with Crippen LogP contribution in [0.5, 0.6) is 0 Å². The molecule has 2 aliphatic rings. The van der Waals surface area contributed by atoms with Crippen molar-refractivity contribution in [2.75, 3.05) is 51.6 Å². The molecule has 0 unspecified atom stereocenters. The van der Waals surface area contributed by atoms with E-state index in [1.54, 1.807) is 0 Å². The smallest absolute Gasteiger partial charge is 0.317 e. The minimum Gasteiger partial charge on any atom is -0.480 e. The highest BCUT2D eigenvalue weighted by Gasteiger charge is 2.20. The molecule has 4 rings (SSSR count). The predicted molar refractivity (Wildman–Crippen MR) is 123 cm³/mol.